The van der Waals surface area contributed by atoms with Crippen LogP contribution in [0.1, 0.15) is 65.9 Å². The van der Waals surface area contributed by atoms with Gasteiger partial charge in [-0.05, 0) is 54.2 Å². The molecular formula is C19H31NO. The third kappa shape index (κ3) is 4.00. The fraction of sp³-hybridized carbons (Fsp3) is 0.684. The van der Waals surface area contributed by atoms with E-state index in [1.807, 2.05) is 0 Å². The van der Waals surface area contributed by atoms with Crippen LogP contribution in [-0.4, -0.2) is 12.1 Å². The van der Waals surface area contributed by atoms with Gasteiger partial charge in [-0.25, -0.2) is 0 Å². The van der Waals surface area contributed by atoms with Crippen molar-refractivity contribution in [2.75, 3.05) is 0 Å². The molecule has 0 amide bonds. The molecule has 0 aliphatic heterocycles. The summed E-state index contributed by atoms with van der Waals surface area (Å²) in [6.07, 6.45) is 4.56. The van der Waals surface area contributed by atoms with Crippen molar-refractivity contribution in [1.29, 1.82) is 0 Å². The maximum absolute atomic E-state index is 6.24. The zero-order valence-electron chi connectivity index (χ0n) is 14.3. The SMILES string of the molecule is CCC(C)(C)c1ccc(OC2CC(C)(C)CCC2N)cc1. The van der Waals surface area contributed by atoms with Crippen molar-refractivity contribution in [3.05, 3.63) is 29.8 Å². The van der Waals surface area contributed by atoms with Gasteiger partial charge in [-0.1, -0.05) is 46.8 Å². The van der Waals surface area contributed by atoms with Crippen LogP contribution in [0.25, 0.3) is 0 Å². The summed E-state index contributed by atoms with van der Waals surface area (Å²) >= 11 is 0. The van der Waals surface area contributed by atoms with Crippen molar-refractivity contribution >= 4 is 0 Å². The molecule has 118 valence electrons. The summed E-state index contributed by atoms with van der Waals surface area (Å²) < 4.78 is 6.18. The average Bonchev–Trinajstić information content (AvgIpc) is 2.43. The summed E-state index contributed by atoms with van der Waals surface area (Å²) in [5.41, 5.74) is 8.17. The fourth-order valence-corrected chi connectivity index (χ4v) is 3.03. The van der Waals surface area contributed by atoms with Crippen molar-refractivity contribution < 1.29 is 4.74 Å². The van der Waals surface area contributed by atoms with Gasteiger partial charge in [0.05, 0.1) is 0 Å². The first-order valence-electron chi connectivity index (χ1n) is 8.26. The summed E-state index contributed by atoms with van der Waals surface area (Å²) in [7, 11) is 0. The Morgan fingerprint density at radius 3 is 2.43 bits per heavy atom. The lowest BCUT2D eigenvalue weighted by Gasteiger charge is -2.39. The van der Waals surface area contributed by atoms with Gasteiger partial charge in [0.15, 0.2) is 0 Å². The summed E-state index contributed by atoms with van der Waals surface area (Å²) in [4.78, 5) is 0. The van der Waals surface area contributed by atoms with Crippen LogP contribution in [0.3, 0.4) is 0 Å². The Morgan fingerprint density at radius 2 is 1.86 bits per heavy atom. The third-order valence-electron chi connectivity index (χ3n) is 5.19. The molecule has 2 nitrogen and oxygen atoms in total. The third-order valence-corrected chi connectivity index (χ3v) is 5.19. The van der Waals surface area contributed by atoms with E-state index in [1.165, 1.54) is 12.0 Å². The molecule has 1 aromatic rings. The minimum Gasteiger partial charge on any atom is -0.489 e. The highest BCUT2D eigenvalue weighted by Gasteiger charge is 2.34. The minimum atomic E-state index is 0.138. The molecular weight excluding hydrogens is 258 g/mol. The van der Waals surface area contributed by atoms with Crippen molar-refractivity contribution in [2.24, 2.45) is 11.1 Å². The molecule has 1 aliphatic carbocycles. The molecule has 1 fully saturated rings. The highest BCUT2D eigenvalue weighted by atomic mass is 16.5. The van der Waals surface area contributed by atoms with Gasteiger partial charge in [-0.2, -0.15) is 0 Å². The lowest BCUT2D eigenvalue weighted by atomic mass is 9.74. The molecule has 0 radical (unpaired) electrons. The Balaban J connectivity index is 2.06. The van der Waals surface area contributed by atoms with Gasteiger partial charge in [0.2, 0.25) is 0 Å². The van der Waals surface area contributed by atoms with E-state index >= 15 is 0 Å². The van der Waals surface area contributed by atoms with Gasteiger partial charge in [0, 0.05) is 6.04 Å². The number of hydrogen-bond donors (Lipinski definition) is 1. The van der Waals surface area contributed by atoms with Gasteiger partial charge in [0.25, 0.3) is 0 Å². The predicted molar refractivity (Wildman–Crippen MR) is 89.8 cm³/mol. The Morgan fingerprint density at radius 1 is 1.24 bits per heavy atom. The zero-order valence-corrected chi connectivity index (χ0v) is 14.3. The molecule has 2 atom stereocenters. The van der Waals surface area contributed by atoms with Crippen LogP contribution in [0.2, 0.25) is 0 Å². The van der Waals surface area contributed by atoms with E-state index in [4.69, 9.17) is 10.5 Å². The Bertz CT molecular complexity index is 461. The maximum atomic E-state index is 6.24. The highest BCUT2D eigenvalue weighted by Crippen LogP contribution is 2.37. The zero-order chi connectivity index (χ0) is 15.7. The number of nitrogens with two attached hydrogens (primary N) is 1. The first-order chi connectivity index (χ1) is 9.73. The predicted octanol–water partition coefficient (Wildman–Crippen LogP) is 4.66. The van der Waals surface area contributed by atoms with Gasteiger partial charge >= 0.3 is 0 Å². The molecule has 1 aliphatic rings. The summed E-state index contributed by atoms with van der Waals surface area (Å²) in [5, 5.41) is 0. The summed E-state index contributed by atoms with van der Waals surface area (Å²) in [5.74, 6) is 0.948. The van der Waals surface area contributed by atoms with Gasteiger partial charge in [-0.3, -0.25) is 0 Å². The molecule has 2 rings (SSSR count). The molecule has 2 N–H and O–H groups in total. The number of ether oxygens (including phenoxy) is 1. The number of rotatable bonds is 4. The van der Waals surface area contributed by atoms with E-state index in [2.05, 4.69) is 58.9 Å². The smallest absolute Gasteiger partial charge is 0.119 e. The second-order valence-corrected chi connectivity index (χ2v) is 7.99. The minimum absolute atomic E-state index is 0.138. The summed E-state index contributed by atoms with van der Waals surface area (Å²) in [6, 6.07) is 8.74. The van der Waals surface area contributed by atoms with Crippen LogP contribution >= 0.6 is 0 Å². The first kappa shape index (κ1) is 16.4. The average molecular weight is 289 g/mol. The van der Waals surface area contributed by atoms with E-state index in [0.717, 1.165) is 25.0 Å². The number of hydrogen-bond acceptors (Lipinski definition) is 2. The largest absolute Gasteiger partial charge is 0.489 e. The topological polar surface area (TPSA) is 35.2 Å². The standard InChI is InChI=1S/C19H31NO/c1-6-19(4,5)14-7-9-15(10-8-14)21-17-13-18(2,3)12-11-16(17)20/h7-10,16-17H,6,11-13,20H2,1-5H3. The molecule has 2 heteroatoms. The molecule has 1 aromatic carbocycles. The first-order valence-corrected chi connectivity index (χ1v) is 8.26. The Labute approximate surface area is 130 Å². The maximum Gasteiger partial charge on any atom is 0.119 e. The second kappa shape index (κ2) is 6.00. The van der Waals surface area contributed by atoms with Crippen LogP contribution in [0, 0.1) is 5.41 Å². The molecule has 21 heavy (non-hydrogen) atoms. The van der Waals surface area contributed by atoms with Crippen molar-refractivity contribution in [1.82, 2.24) is 0 Å². The van der Waals surface area contributed by atoms with E-state index in [0.29, 0.717) is 5.41 Å². The lowest BCUT2D eigenvalue weighted by Crippen LogP contribution is -2.46. The van der Waals surface area contributed by atoms with E-state index < -0.39 is 0 Å². The van der Waals surface area contributed by atoms with E-state index in [-0.39, 0.29) is 17.6 Å². The van der Waals surface area contributed by atoms with Crippen LogP contribution < -0.4 is 10.5 Å². The van der Waals surface area contributed by atoms with Gasteiger partial charge < -0.3 is 10.5 Å². The molecule has 1 saturated carbocycles. The fourth-order valence-electron chi connectivity index (χ4n) is 3.03. The van der Waals surface area contributed by atoms with Crippen molar-refractivity contribution in [3.8, 4) is 5.75 Å². The lowest BCUT2D eigenvalue weighted by molar-refractivity contribution is 0.0669. The van der Waals surface area contributed by atoms with E-state index in [9.17, 15) is 0 Å². The van der Waals surface area contributed by atoms with Gasteiger partial charge in [-0.15, -0.1) is 0 Å². The molecule has 0 heterocycles. The molecule has 0 spiro atoms. The quantitative estimate of drug-likeness (QED) is 0.875. The van der Waals surface area contributed by atoms with Crippen LogP contribution in [0.15, 0.2) is 24.3 Å². The van der Waals surface area contributed by atoms with Gasteiger partial charge in [0.1, 0.15) is 11.9 Å². The monoisotopic (exact) mass is 289 g/mol. The van der Waals surface area contributed by atoms with E-state index in [1.54, 1.807) is 0 Å². The molecule has 2 unspecified atom stereocenters. The molecule has 0 bridgehead atoms. The molecule has 0 aromatic heterocycles. The van der Waals surface area contributed by atoms with Crippen LogP contribution in [0.4, 0.5) is 0 Å². The van der Waals surface area contributed by atoms with Crippen molar-refractivity contribution in [2.45, 2.75) is 77.9 Å². The second-order valence-electron chi connectivity index (χ2n) is 7.99. The Hall–Kier alpha value is -1.02. The normalized spacial score (nSPS) is 25.6. The van der Waals surface area contributed by atoms with Crippen LogP contribution in [-0.2, 0) is 5.41 Å². The summed E-state index contributed by atoms with van der Waals surface area (Å²) in [6.45, 7) is 11.4. The Kier molecular flexibility index (Phi) is 4.67. The van der Waals surface area contributed by atoms with Crippen LogP contribution in [0.5, 0.6) is 5.75 Å². The van der Waals surface area contributed by atoms with Crippen molar-refractivity contribution in [3.63, 3.8) is 0 Å². The number of benzene rings is 1. The highest BCUT2D eigenvalue weighted by molar-refractivity contribution is 5.31. The molecule has 0 saturated heterocycles.